The van der Waals surface area contributed by atoms with Crippen molar-refractivity contribution >= 4 is 11.7 Å². The van der Waals surface area contributed by atoms with Crippen molar-refractivity contribution in [2.75, 3.05) is 0 Å². The van der Waals surface area contributed by atoms with Gasteiger partial charge in [-0.15, -0.1) is 10.2 Å². The highest BCUT2D eigenvalue weighted by atomic mass is 15.3. The first-order valence-corrected chi connectivity index (χ1v) is 5.96. The van der Waals surface area contributed by atoms with Gasteiger partial charge in [0.15, 0.2) is 11.7 Å². The molecule has 0 fully saturated rings. The summed E-state index contributed by atoms with van der Waals surface area (Å²) in [5.41, 5.74) is 14.5. The Bertz CT molecular complexity index is 615. The smallest absolute Gasteiger partial charge is 0.153 e. The fourth-order valence-electron chi connectivity index (χ4n) is 1.69. The van der Waals surface area contributed by atoms with Crippen LogP contribution in [0, 0.1) is 6.92 Å². The molecule has 4 N–H and O–H groups in total. The lowest BCUT2D eigenvalue weighted by molar-refractivity contribution is 1.20. The topological polar surface area (TPSA) is 76.8 Å². The number of nitrogens with zero attached hydrogens (tertiary/aromatic N) is 2. The fraction of sp³-hybridized carbons (Fsp3) is 0.0667. The molecule has 2 aromatic rings. The molecule has 0 atom stereocenters. The van der Waals surface area contributed by atoms with Crippen molar-refractivity contribution in [3.63, 3.8) is 0 Å². The molecule has 96 valence electrons. The molecule has 0 saturated heterocycles. The van der Waals surface area contributed by atoms with Crippen LogP contribution in [-0.2, 0) is 0 Å². The molecule has 0 amide bonds. The molecule has 4 heteroatoms. The molecule has 19 heavy (non-hydrogen) atoms. The second-order valence-corrected chi connectivity index (χ2v) is 4.15. The van der Waals surface area contributed by atoms with Gasteiger partial charge in [0.05, 0.1) is 0 Å². The predicted molar refractivity (Wildman–Crippen MR) is 79.1 cm³/mol. The lowest BCUT2D eigenvalue weighted by Crippen LogP contribution is -2.16. The van der Waals surface area contributed by atoms with Gasteiger partial charge in [0.25, 0.3) is 0 Å². The molecule has 2 rings (SSSR count). The van der Waals surface area contributed by atoms with E-state index in [0.29, 0.717) is 11.7 Å². The van der Waals surface area contributed by atoms with E-state index in [9.17, 15) is 0 Å². The molecule has 4 nitrogen and oxygen atoms in total. The number of amidine groups is 2. The molecule has 0 unspecified atom stereocenters. The highest BCUT2D eigenvalue weighted by Gasteiger charge is 2.01. The summed E-state index contributed by atoms with van der Waals surface area (Å²) in [7, 11) is 0. The Morgan fingerprint density at radius 1 is 0.789 bits per heavy atom. The maximum atomic E-state index is 5.91. The average Bonchev–Trinajstić information content (AvgIpc) is 2.46. The van der Waals surface area contributed by atoms with Crippen molar-refractivity contribution in [3.05, 3.63) is 71.3 Å². The van der Waals surface area contributed by atoms with Gasteiger partial charge in [0.2, 0.25) is 0 Å². The summed E-state index contributed by atoms with van der Waals surface area (Å²) in [5, 5.41) is 7.96. The van der Waals surface area contributed by atoms with Gasteiger partial charge in [0.1, 0.15) is 0 Å². The van der Waals surface area contributed by atoms with Crippen molar-refractivity contribution in [3.8, 4) is 0 Å². The number of rotatable bonds is 3. The molecule has 0 aliphatic carbocycles. The minimum atomic E-state index is 0.345. The molecular weight excluding hydrogens is 236 g/mol. The van der Waals surface area contributed by atoms with Crippen LogP contribution >= 0.6 is 0 Å². The molecule has 0 bridgehead atoms. The van der Waals surface area contributed by atoms with E-state index in [0.717, 1.165) is 16.7 Å². The second-order valence-electron chi connectivity index (χ2n) is 4.15. The van der Waals surface area contributed by atoms with Gasteiger partial charge in [-0.05, 0) is 12.5 Å². The van der Waals surface area contributed by atoms with Crippen molar-refractivity contribution in [1.82, 2.24) is 0 Å². The Morgan fingerprint density at radius 2 is 1.37 bits per heavy atom. The summed E-state index contributed by atoms with van der Waals surface area (Å²) in [6, 6.07) is 17.2. The Morgan fingerprint density at radius 3 is 2.05 bits per heavy atom. The summed E-state index contributed by atoms with van der Waals surface area (Å²) in [5.74, 6) is 0.703. The molecule has 0 heterocycles. The van der Waals surface area contributed by atoms with Crippen LogP contribution in [0.5, 0.6) is 0 Å². The highest BCUT2D eigenvalue weighted by Crippen LogP contribution is 2.06. The van der Waals surface area contributed by atoms with Crippen molar-refractivity contribution in [2.45, 2.75) is 6.92 Å². The van der Waals surface area contributed by atoms with E-state index in [-0.39, 0.29) is 0 Å². The highest BCUT2D eigenvalue weighted by molar-refractivity contribution is 6.01. The molecule has 0 aromatic heterocycles. The standard InChI is InChI=1S/C15H16N4/c1-11-7-5-6-10-13(11)15(17)19-18-14(16)12-8-3-2-4-9-12/h2-10H,1H3,(H2,16,18)(H2,17,19). The SMILES string of the molecule is Cc1ccccc1/C(N)=N/N=C(\N)c1ccccc1. The van der Waals surface area contributed by atoms with E-state index in [1.54, 1.807) is 0 Å². The summed E-state index contributed by atoms with van der Waals surface area (Å²) in [4.78, 5) is 0. The largest absolute Gasteiger partial charge is 0.382 e. The van der Waals surface area contributed by atoms with Gasteiger partial charge in [0, 0.05) is 11.1 Å². The lowest BCUT2D eigenvalue weighted by Gasteiger charge is -2.03. The van der Waals surface area contributed by atoms with Crippen LogP contribution in [0.3, 0.4) is 0 Å². The van der Waals surface area contributed by atoms with E-state index >= 15 is 0 Å². The molecule has 0 radical (unpaired) electrons. The number of hydrogen-bond acceptors (Lipinski definition) is 2. The quantitative estimate of drug-likeness (QED) is 0.498. The Balaban J connectivity index is 2.25. The maximum absolute atomic E-state index is 5.91. The van der Waals surface area contributed by atoms with E-state index in [1.807, 2.05) is 61.5 Å². The van der Waals surface area contributed by atoms with Gasteiger partial charge in [-0.3, -0.25) is 0 Å². The normalized spacial score (nSPS) is 12.5. The third-order valence-electron chi connectivity index (χ3n) is 2.76. The minimum absolute atomic E-state index is 0.345. The third kappa shape index (κ3) is 3.19. The predicted octanol–water partition coefficient (Wildman–Crippen LogP) is 2.02. The maximum Gasteiger partial charge on any atom is 0.153 e. The second kappa shape index (κ2) is 5.82. The summed E-state index contributed by atoms with van der Waals surface area (Å²) in [6.07, 6.45) is 0. The fourth-order valence-corrected chi connectivity index (χ4v) is 1.69. The van der Waals surface area contributed by atoms with Gasteiger partial charge in [-0.25, -0.2) is 0 Å². The number of aryl methyl sites for hydroxylation is 1. The zero-order chi connectivity index (χ0) is 13.7. The van der Waals surface area contributed by atoms with E-state index in [2.05, 4.69) is 10.2 Å². The van der Waals surface area contributed by atoms with Crippen LogP contribution in [0.4, 0.5) is 0 Å². The van der Waals surface area contributed by atoms with Gasteiger partial charge in [-0.2, -0.15) is 0 Å². The summed E-state index contributed by atoms with van der Waals surface area (Å²) < 4.78 is 0. The Kier molecular flexibility index (Phi) is 3.93. The number of hydrogen-bond donors (Lipinski definition) is 2. The van der Waals surface area contributed by atoms with Crippen LogP contribution in [-0.4, -0.2) is 11.7 Å². The lowest BCUT2D eigenvalue weighted by atomic mass is 10.1. The van der Waals surface area contributed by atoms with Crippen molar-refractivity contribution < 1.29 is 0 Å². The van der Waals surface area contributed by atoms with Gasteiger partial charge < -0.3 is 11.5 Å². The molecule has 0 aliphatic heterocycles. The van der Waals surface area contributed by atoms with E-state index in [1.165, 1.54) is 0 Å². The zero-order valence-corrected chi connectivity index (χ0v) is 10.7. The van der Waals surface area contributed by atoms with Gasteiger partial charge >= 0.3 is 0 Å². The van der Waals surface area contributed by atoms with Gasteiger partial charge in [-0.1, -0.05) is 54.6 Å². The Hall–Kier alpha value is -2.62. The molecule has 0 saturated carbocycles. The first-order valence-electron chi connectivity index (χ1n) is 5.96. The summed E-state index contributed by atoms with van der Waals surface area (Å²) in [6.45, 7) is 1.97. The van der Waals surface area contributed by atoms with Crippen LogP contribution in [0.15, 0.2) is 64.8 Å². The third-order valence-corrected chi connectivity index (χ3v) is 2.76. The minimum Gasteiger partial charge on any atom is -0.382 e. The molecule has 0 aliphatic rings. The van der Waals surface area contributed by atoms with Crippen LogP contribution in [0.2, 0.25) is 0 Å². The zero-order valence-electron chi connectivity index (χ0n) is 10.7. The number of nitrogens with two attached hydrogens (primary N) is 2. The summed E-state index contributed by atoms with van der Waals surface area (Å²) >= 11 is 0. The molecule has 0 spiro atoms. The molecular formula is C15H16N4. The Labute approximate surface area is 112 Å². The van der Waals surface area contributed by atoms with E-state index < -0.39 is 0 Å². The van der Waals surface area contributed by atoms with E-state index in [4.69, 9.17) is 11.5 Å². The first kappa shape index (κ1) is 12.8. The van der Waals surface area contributed by atoms with Crippen LogP contribution < -0.4 is 11.5 Å². The number of benzene rings is 2. The monoisotopic (exact) mass is 252 g/mol. The van der Waals surface area contributed by atoms with Crippen molar-refractivity contribution in [2.24, 2.45) is 21.7 Å². The van der Waals surface area contributed by atoms with Crippen LogP contribution in [0.1, 0.15) is 16.7 Å². The molecule has 2 aromatic carbocycles. The van der Waals surface area contributed by atoms with Crippen molar-refractivity contribution in [1.29, 1.82) is 0 Å². The first-order chi connectivity index (χ1) is 9.18. The average molecular weight is 252 g/mol. The van der Waals surface area contributed by atoms with Crippen LogP contribution in [0.25, 0.3) is 0 Å².